The highest BCUT2D eigenvalue weighted by Crippen LogP contribution is 2.27. The maximum atomic E-state index is 12.7. The van der Waals surface area contributed by atoms with E-state index in [2.05, 4.69) is 25.6 Å². The summed E-state index contributed by atoms with van der Waals surface area (Å²) in [6.07, 6.45) is 3.98. The van der Waals surface area contributed by atoms with Crippen LogP contribution in [-0.4, -0.2) is 43.3 Å². The Morgan fingerprint density at radius 2 is 1.93 bits per heavy atom. The van der Waals surface area contributed by atoms with Crippen LogP contribution in [0.4, 0.5) is 0 Å². The van der Waals surface area contributed by atoms with Crippen LogP contribution in [0.3, 0.4) is 0 Å². The summed E-state index contributed by atoms with van der Waals surface area (Å²) >= 11 is 4.68. The Kier molecular flexibility index (Phi) is 5.86. The monoisotopic (exact) mass is 495 g/mol. The van der Waals surface area contributed by atoms with Gasteiger partial charge < -0.3 is 9.32 Å². The van der Waals surface area contributed by atoms with Gasteiger partial charge in [-0.25, -0.2) is 18.1 Å². The third-order valence-corrected chi connectivity index (χ3v) is 7.69. The number of amides is 1. The summed E-state index contributed by atoms with van der Waals surface area (Å²) in [5, 5.41) is 2.23. The number of likely N-dealkylation sites (tertiary alicyclic amines) is 1. The lowest BCUT2D eigenvalue weighted by atomic mass is 10.1. The van der Waals surface area contributed by atoms with Gasteiger partial charge in [-0.3, -0.25) is 4.79 Å². The molecule has 1 amide bonds. The summed E-state index contributed by atoms with van der Waals surface area (Å²) < 4.78 is 34.1. The molecule has 0 atom stereocenters. The minimum atomic E-state index is -3.71. The molecule has 1 aliphatic heterocycles. The Balaban J connectivity index is 1.38. The van der Waals surface area contributed by atoms with E-state index in [1.165, 1.54) is 23.9 Å². The molecule has 1 aromatic carbocycles. The first-order valence-corrected chi connectivity index (χ1v) is 12.1. The highest BCUT2D eigenvalue weighted by atomic mass is 79.9. The van der Waals surface area contributed by atoms with E-state index < -0.39 is 10.0 Å². The van der Waals surface area contributed by atoms with E-state index in [0.717, 1.165) is 10.0 Å². The molecule has 10 heteroatoms. The van der Waals surface area contributed by atoms with Crippen LogP contribution in [0.5, 0.6) is 0 Å². The number of carbonyl (C=O) groups is 1. The van der Waals surface area contributed by atoms with Gasteiger partial charge in [0.2, 0.25) is 0 Å². The fraction of sp³-hybridized carbons (Fsp3) is 0.263. The molecule has 1 fully saturated rings. The van der Waals surface area contributed by atoms with Crippen LogP contribution in [0.2, 0.25) is 0 Å². The molecule has 0 radical (unpaired) electrons. The highest BCUT2D eigenvalue weighted by molar-refractivity contribution is 9.10. The number of aromatic nitrogens is 1. The average Bonchev–Trinajstić information content (AvgIpc) is 3.41. The third-order valence-electron chi connectivity index (χ3n) is 4.72. The molecule has 1 N–H and O–H groups in total. The van der Waals surface area contributed by atoms with Crippen molar-refractivity contribution in [2.24, 2.45) is 0 Å². The summed E-state index contributed by atoms with van der Waals surface area (Å²) in [7, 11) is -3.71. The number of furan rings is 1. The molecule has 0 saturated carbocycles. The van der Waals surface area contributed by atoms with Crippen molar-refractivity contribution < 1.29 is 17.6 Å². The summed E-state index contributed by atoms with van der Waals surface area (Å²) in [4.78, 5) is 18.4. The molecule has 1 saturated heterocycles. The van der Waals surface area contributed by atoms with Gasteiger partial charge in [0.15, 0.2) is 5.03 Å². The first-order valence-electron chi connectivity index (χ1n) is 8.98. The van der Waals surface area contributed by atoms with Gasteiger partial charge in [0.05, 0.1) is 11.8 Å². The number of sulfonamides is 1. The number of hydrogen-bond acceptors (Lipinski definition) is 6. The predicted octanol–water partition coefficient (Wildman–Crippen LogP) is 3.75. The van der Waals surface area contributed by atoms with E-state index in [4.69, 9.17) is 4.42 Å². The van der Waals surface area contributed by atoms with Crippen molar-refractivity contribution >= 4 is 43.2 Å². The molecule has 1 aliphatic rings. The second kappa shape index (κ2) is 8.39. The molecule has 0 aliphatic carbocycles. The van der Waals surface area contributed by atoms with Crippen LogP contribution < -0.4 is 4.72 Å². The van der Waals surface area contributed by atoms with Crippen molar-refractivity contribution in [2.75, 3.05) is 13.1 Å². The lowest BCUT2D eigenvalue weighted by Gasteiger charge is -2.31. The lowest BCUT2D eigenvalue weighted by Crippen LogP contribution is -2.46. The van der Waals surface area contributed by atoms with Gasteiger partial charge in [-0.2, -0.15) is 0 Å². The van der Waals surface area contributed by atoms with Crippen LogP contribution in [0.15, 0.2) is 62.2 Å². The number of nitrogens with one attached hydrogen (secondary N) is 1. The Morgan fingerprint density at radius 1 is 1.21 bits per heavy atom. The maximum Gasteiger partial charge on any atom is 0.259 e. The number of nitrogens with zero attached hydrogens (tertiary/aromatic N) is 2. The molecular formula is C19H18BrN3O4S2. The molecular weight excluding hydrogens is 478 g/mol. The zero-order valence-corrected chi connectivity index (χ0v) is 18.5. The normalized spacial score (nSPS) is 15.6. The standard InChI is InChI=1S/C19H18BrN3O4S2/c20-15-3-1-13(2-4-15)18-21-17(12-28-18)29(25,26)22-16-5-8-23(9-6-16)19(24)14-7-10-27-11-14/h1-4,7,10-12,16,22H,5-6,8-9H2. The first kappa shape index (κ1) is 20.3. The van der Waals surface area contributed by atoms with E-state index in [-0.39, 0.29) is 17.0 Å². The molecule has 4 rings (SSSR count). The van der Waals surface area contributed by atoms with E-state index in [9.17, 15) is 13.2 Å². The summed E-state index contributed by atoms with van der Waals surface area (Å²) in [6.45, 7) is 0.969. The number of piperidine rings is 1. The van der Waals surface area contributed by atoms with Gasteiger partial charge in [0, 0.05) is 34.5 Å². The van der Waals surface area contributed by atoms with E-state index in [0.29, 0.717) is 36.5 Å². The molecule has 7 nitrogen and oxygen atoms in total. The van der Waals surface area contributed by atoms with Gasteiger partial charge in [0.25, 0.3) is 15.9 Å². The SMILES string of the molecule is O=C(c1ccoc1)N1CCC(NS(=O)(=O)c2csc(-c3ccc(Br)cc3)n2)CC1. The van der Waals surface area contributed by atoms with Crippen molar-refractivity contribution in [3.63, 3.8) is 0 Å². The van der Waals surface area contributed by atoms with E-state index in [1.54, 1.807) is 16.3 Å². The molecule has 0 bridgehead atoms. The number of carbonyl (C=O) groups excluding carboxylic acids is 1. The van der Waals surface area contributed by atoms with Gasteiger partial charge in [0.1, 0.15) is 11.3 Å². The Bertz CT molecular complexity index is 1090. The number of halogens is 1. The van der Waals surface area contributed by atoms with Gasteiger partial charge in [-0.15, -0.1) is 11.3 Å². The van der Waals surface area contributed by atoms with Gasteiger partial charge >= 0.3 is 0 Å². The largest absolute Gasteiger partial charge is 0.472 e. The fourth-order valence-electron chi connectivity index (χ4n) is 3.16. The smallest absolute Gasteiger partial charge is 0.259 e. The van der Waals surface area contributed by atoms with Crippen molar-refractivity contribution in [2.45, 2.75) is 23.9 Å². The third kappa shape index (κ3) is 4.61. The van der Waals surface area contributed by atoms with Crippen molar-refractivity contribution in [3.05, 3.63) is 58.3 Å². The topological polar surface area (TPSA) is 92.5 Å². The van der Waals surface area contributed by atoms with Crippen LogP contribution in [-0.2, 0) is 10.0 Å². The molecule has 0 spiro atoms. The quantitative estimate of drug-likeness (QED) is 0.581. The second-order valence-electron chi connectivity index (χ2n) is 6.70. The van der Waals surface area contributed by atoms with Crippen molar-refractivity contribution in [1.29, 1.82) is 0 Å². The number of thiazole rings is 1. The molecule has 29 heavy (non-hydrogen) atoms. The lowest BCUT2D eigenvalue weighted by molar-refractivity contribution is 0.0710. The first-order chi connectivity index (χ1) is 13.9. The van der Waals surface area contributed by atoms with E-state index in [1.807, 2.05) is 24.3 Å². The maximum absolute atomic E-state index is 12.7. The zero-order valence-electron chi connectivity index (χ0n) is 15.2. The zero-order chi connectivity index (χ0) is 20.4. The van der Waals surface area contributed by atoms with Gasteiger partial charge in [-0.05, 0) is 31.0 Å². The Labute approximate surface area is 180 Å². The molecule has 2 aromatic heterocycles. The average molecular weight is 496 g/mol. The Morgan fingerprint density at radius 3 is 2.59 bits per heavy atom. The van der Waals surface area contributed by atoms with E-state index >= 15 is 0 Å². The van der Waals surface area contributed by atoms with Crippen LogP contribution in [0, 0.1) is 0 Å². The molecule has 3 aromatic rings. The number of benzene rings is 1. The summed E-state index contributed by atoms with van der Waals surface area (Å²) in [6, 6.07) is 8.96. The summed E-state index contributed by atoms with van der Waals surface area (Å²) in [5.74, 6) is -0.0984. The fourth-order valence-corrected chi connectivity index (χ4v) is 5.82. The van der Waals surface area contributed by atoms with Crippen LogP contribution in [0.1, 0.15) is 23.2 Å². The van der Waals surface area contributed by atoms with Gasteiger partial charge in [-0.1, -0.05) is 28.1 Å². The molecule has 152 valence electrons. The predicted molar refractivity (Wildman–Crippen MR) is 113 cm³/mol. The number of hydrogen-bond donors (Lipinski definition) is 1. The minimum absolute atomic E-state index is 0.0253. The Hall–Kier alpha value is -2.01. The minimum Gasteiger partial charge on any atom is -0.472 e. The van der Waals surface area contributed by atoms with Crippen molar-refractivity contribution in [3.8, 4) is 10.6 Å². The van der Waals surface area contributed by atoms with Crippen LogP contribution >= 0.6 is 27.3 Å². The highest BCUT2D eigenvalue weighted by Gasteiger charge is 2.28. The number of rotatable bonds is 5. The molecule has 3 heterocycles. The van der Waals surface area contributed by atoms with Crippen LogP contribution in [0.25, 0.3) is 10.6 Å². The van der Waals surface area contributed by atoms with Crippen molar-refractivity contribution in [1.82, 2.24) is 14.6 Å². The second-order valence-corrected chi connectivity index (χ2v) is 10.1. The summed E-state index contributed by atoms with van der Waals surface area (Å²) in [5.41, 5.74) is 1.37. The molecule has 0 unspecified atom stereocenters.